The van der Waals surface area contributed by atoms with E-state index in [1.54, 1.807) is 12.1 Å². The number of hydrogen-bond acceptors (Lipinski definition) is 6. The van der Waals surface area contributed by atoms with Crippen molar-refractivity contribution < 1.29 is 19.2 Å². The number of hydrogen-bond donors (Lipinski definition) is 2. The van der Waals surface area contributed by atoms with Crippen molar-refractivity contribution in [1.82, 2.24) is 10.1 Å². The maximum absolute atomic E-state index is 9.24. The van der Waals surface area contributed by atoms with Gasteiger partial charge in [-0.1, -0.05) is 35.0 Å². The smallest absolute Gasteiger partial charge is 0.294 e. The molecule has 0 spiro atoms. The van der Waals surface area contributed by atoms with Crippen LogP contribution in [0, 0.1) is 20.8 Å². The molecule has 0 aliphatic carbocycles. The number of furan rings is 1. The lowest BCUT2D eigenvalue weighted by Crippen LogP contribution is -1.95. The normalized spacial score (nSPS) is 11.7. The Morgan fingerprint density at radius 2 is 1.78 bits per heavy atom. The summed E-state index contributed by atoms with van der Waals surface area (Å²) in [6, 6.07) is 8.68. The SMILES string of the molecule is Cc1ccc(C)c2c(C)c(-c3nc(-c4ccc(C(O)O)cc4Cl)no3)oc12. The third-order valence-corrected chi connectivity index (χ3v) is 4.95. The lowest BCUT2D eigenvalue weighted by molar-refractivity contribution is -0.0424. The molecule has 0 unspecified atom stereocenters. The van der Waals surface area contributed by atoms with Gasteiger partial charge in [-0.05, 0) is 44.0 Å². The Morgan fingerprint density at radius 3 is 2.44 bits per heavy atom. The molecule has 0 saturated carbocycles. The summed E-state index contributed by atoms with van der Waals surface area (Å²) in [7, 11) is 0. The number of aromatic nitrogens is 2. The quantitative estimate of drug-likeness (QED) is 0.497. The van der Waals surface area contributed by atoms with E-state index in [1.807, 2.05) is 26.8 Å². The number of nitrogens with zero attached hydrogens (tertiary/aromatic N) is 2. The van der Waals surface area contributed by atoms with Crippen LogP contribution in [0.2, 0.25) is 5.02 Å². The van der Waals surface area contributed by atoms with Crippen LogP contribution in [0.1, 0.15) is 28.5 Å². The summed E-state index contributed by atoms with van der Waals surface area (Å²) in [5.41, 5.74) is 4.70. The predicted molar refractivity (Wildman–Crippen MR) is 101 cm³/mol. The van der Waals surface area contributed by atoms with E-state index in [9.17, 15) is 10.2 Å². The van der Waals surface area contributed by atoms with Gasteiger partial charge in [-0.2, -0.15) is 4.98 Å². The van der Waals surface area contributed by atoms with E-state index in [0.29, 0.717) is 22.2 Å². The van der Waals surface area contributed by atoms with Gasteiger partial charge in [-0.25, -0.2) is 0 Å². The van der Waals surface area contributed by atoms with Gasteiger partial charge in [0.15, 0.2) is 12.1 Å². The summed E-state index contributed by atoms with van der Waals surface area (Å²) in [6.07, 6.45) is -1.60. The summed E-state index contributed by atoms with van der Waals surface area (Å²) in [6.45, 7) is 5.98. The Bertz CT molecular complexity index is 1160. The van der Waals surface area contributed by atoms with E-state index in [-0.39, 0.29) is 11.5 Å². The number of fused-ring (bicyclic) bond motifs is 1. The number of halogens is 1. The largest absolute Gasteiger partial charge is 0.450 e. The highest BCUT2D eigenvalue weighted by Crippen LogP contribution is 2.37. The van der Waals surface area contributed by atoms with Crippen LogP contribution >= 0.6 is 11.6 Å². The maximum Gasteiger partial charge on any atom is 0.294 e. The lowest BCUT2D eigenvalue weighted by atomic mass is 10.0. The minimum Gasteiger partial charge on any atom is -0.450 e. The number of aliphatic hydroxyl groups excluding tert-OH is 1. The van der Waals surface area contributed by atoms with Crippen molar-refractivity contribution >= 4 is 22.6 Å². The van der Waals surface area contributed by atoms with E-state index < -0.39 is 6.29 Å². The second kappa shape index (κ2) is 6.49. The van der Waals surface area contributed by atoms with Crippen LogP contribution in [0.4, 0.5) is 0 Å². The van der Waals surface area contributed by atoms with Gasteiger partial charge in [0.25, 0.3) is 5.89 Å². The summed E-state index contributed by atoms with van der Waals surface area (Å²) < 4.78 is 11.4. The third-order valence-electron chi connectivity index (χ3n) is 4.64. The molecule has 7 heteroatoms. The zero-order chi connectivity index (χ0) is 19.3. The zero-order valence-electron chi connectivity index (χ0n) is 14.9. The Kier molecular flexibility index (Phi) is 4.26. The molecular weight excluding hydrogens is 368 g/mol. The van der Waals surface area contributed by atoms with Crippen LogP contribution < -0.4 is 0 Å². The second-order valence-electron chi connectivity index (χ2n) is 6.50. The summed E-state index contributed by atoms with van der Waals surface area (Å²) in [4.78, 5) is 4.42. The van der Waals surface area contributed by atoms with Crippen molar-refractivity contribution in [3.05, 3.63) is 57.6 Å². The van der Waals surface area contributed by atoms with Gasteiger partial charge < -0.3 is 19.2 Å². The fraction of sp³-hybridized carbons (Fsp3) is 0.200. The molecule has 4 rings (SSSR count). The maximum atomic E-state index is 9.24. The van der Waals surface area contributed by atoms with Gasteiger partial charge in [0, 0.05) is 22.1 Å². The first-order valence-electron chi connectivity index (χ1n) is 8.36. The van der Waals surface area contributed by atoms with Crippen LogP contribution in [-0.2, 0) is 0 Å². The third kappa shape index (κ3) is 2.92. The predicted octanol–water partition coefficient (Wildman–Crippen LogP) is 4.71. The molecule has 2 N–H and O–H groups in total. The zero-order valence-corrected chi connectivity index (χ0v) is 15.7. The summed E-state index contributed by atoms with van der Waals surface area (Å²) >= 11 is 6.23. The molecule has 0 bridgehead atoms. The van der Waals surface area contributed by atoms with E-state index in [1.165, 1.54) is 6.07 Å². The van der Waals surface area contributed by atoms with Crippen LogP contribution in [0.25, 0.3) is 34.0 Å². The lowest BCUT2D eigenvalue weighted by Gasteiger charge is -2.05. The molecule has 27 heavy (non-hydrogen) atoms. The molecule has 0 radical (unpaired) electrons. The molecule has 0 atom stereocenters. The molecular formula is C20H17ClN2O4. The summed E-state index contributed by atoms with van der Waals surface area (Å²) in [5.74, 6) is 1.08. The monoisotopic (exact) mass is 384 g/mol. The first-order valence-corrected chi connectivity index (χ1v) is 8.74. The number of aliphatic hydroxyl groups is 2. The molecule has 0 aliphatic heterocycles. The van der Waals surface area contributed by atoms with Gasteiger partial charge >= 0.3 is 0 Å². The summed E-state index contributed by atoms with van der Waals surface area (Å²) in [5, 5.41) is 23.8. The van der Waals surface area contributed by atoms with Gasteiger partial charge in [0.2, 0.25) is 5.82 Å². The second-order valence-corrected chi connectivity index (χ2v) is 6.90. The van der Waals surface area contributed by atoms with Crippen molar-refractivity contribution in [3.8, 4) is 23.0 Å². The molecule has 0 fully saturated rings. The highest BCUT2D eigenvalue weighted by atomic mass is 35.5. The number of aryl methyl sites for hydroxylation is 3. The fourth-order valence-corrected chi connectivity index (χ4v) is 3.45. The topological polar surface area (TPSA) is 92.5 Å². The van der Waals surface area contributed by atoms with Crippen molar-refractivity contribution in [2.75, 3.05) is 0 Å². The van der Waals surface area contributed by atoms with E-state index >= 15 is 0 Å². The van der Waals surface area contributed by atoms with Crippen LogP contribution in [-0.4, -0.2) is 20.4 Å². The van der Waals surface area contributed by atoms with Gasteiger partial charge in [0.05, 0.1) is 5.02 Å². The molecule has 4 aromatic rings. The van der Waals surface area contributed by atoms with Crippen molar-refractivity contribution in [1.29, 1.82) is 0 Å². The Hall–Kier alpha value is -2.67. The standard InChI is InChI=1S/C20H17ClN2O4/c1-9-4-5-10(2)16-15(9)11(3)17(26-16)19-22-18(23-27-19)13-7-6-12(20(24)25)8-14(13)21/h4-8,20,24-25H,1-3H3. The van der Waals surface area contributed by atoms with E-state index in [2.05, 4.69) is 16.2 Å². The van der Waals surface area contributed by atoms with Gasteiger partial charge in [0.1, 0.15) is 5.58 Å². The molecule has 2 heterocycles. The number of benzene rings is 2. The Balaban J connectivity index is 1.80. The van der Waals surface area contributed by atoms with Crippen LogP contribution in [0.3, 0.4) is 0 Å². The molecule has 138 valence electrons. The number of rotatable bonds is 3. The minimum atomic E-state index is -1.60. The van der Waals surface area contributed by atoms with Gasteiger partial charge in [-0.15, -0.1) is 0 Å². The van der Waals surface area contributed by atoms with Gasteiger partial charge in [-0.3, -0.25) is 0 Å². The van der Waals surface area contributed by atoms with Crippen molar-refractivity contribution in [3.63, 3.8) is 0 Å². The van der Waals surface area contributed by atoms with Crippen LogP contribution in [0.5, 0.6) is 0 Å². The Morgan fingerprint density at radius 1 is 1.04 bits per heavy atom. The van der Waals surface area contributed by atoms with E-state index in [0.717, 1.165) is 27.7 Å². The Labute approximate surface area is 160 Å². The highest BCUT2D eigenvalue weighted by molar-refractivity contribution is 6.33. The minimum absolute atomic E-state index is 0.264. The first kappa shape index (κ1) is 17.7. The average molecular weight is 385 g/mol. The molecule has 2 aromatic carbocycles. The van der Waals surface area contributed by atoms with Crippen molar-refractivity contribution in [2.24, 2.45) is 0 Å². The highest BCUT2D eigenvalue weighted by Gasteiger charge is 2.22. The molecule has 2 aromatic heterocycles. The molecule has 6 nitrogen and oxygen atoms in total. The van der Waals surface area contributed by atoms with E-state index in [4.69, 9.17) is 20.5 Å². The fourth-order valence-electron chi connectivity index (χ4n) is 3.18. The van der Waals surface area contributed by atoms with Crippen molar-refractivity contribution in [2.45, 2.75) is 27.1 Å². The first-order chi connectivity index (χ1) is 12.9. The molecule has 0 aliphatic rings. The average Bonchev–Trinajstić information content (AvgIpc) is 3.23. The molecule has 0 saturated heterocycles. The molecule has 0 amide bonds. The van der Waals surface area contributed by atoms with Crippen LogP contribution in [0.15, 0.2) is 39.3 Å².